The third-order valence-corrected chi connectivity index (χ3v) is 5.03. The average molecular weight is 417 g/mol. The Morgan fingerprint density at radius 2 is 2.00 bits per heavy atom. The van der Waals surface area contributed by atoms with E-state index in [-0.39, 0.29) is 29.8 Å². The van der Waals surface area contributed by atoms with Crippen LogP contribution < -0.4 is 10.6 Å². The Labute approximate surface area is 149 Å². The van der Waals surface area contributed by atoms with E-state index >= 15 is 0 Å². The third kappa shape index (κ3) is 3.91. The van der Waals surface area contributed by atoms with Crippen LogP contribution in [0.15, 0.2) is 29.3 Å². The number of nitrogens with one attached hydrogen (secondary N) is 2. The Morgan fingerprint density at radius 3 is 2.55 bits per heavy atom. The first kappa shape index (κ1) is 17.5. The molecule has 0 aromatic heterocycles. The van der Waals surface area contributed by atoms with Crippen LogP contribution in [0.2, 0.25) is 0 Å². The van der Waals surface area contributed by atoms with Crippen molar-refractivity contribution >= 4 is 29.9 Å². The Hall–Kier alpha value is -0.850. The molecule has 122 valence electrons. The second kappa shape index (κ2) is 7.62. The molecule has 0 atom stereocenters. The zero-order chi connectivity index (χ0) is 14.7. The number of aliphatic imine (C=N–C) groups is 1. The summed E-state index contributed by atoms with van der Waals surface area (Å²) in [6.45, 7) is 1.46. The molecule has 0 unspecified atom stereocenters. The molecule has 2 saturated carbocycles. The summed E-state index contributed by atoms with van der Waals surface area (Å²) in [4.78, 5) is 4.25. The fourth-order valence-corrected chi connectivity index (χ4v) is 3.36. The first-order valence-electron chi connectivity index (χ1n) is 7.91. The maximum atomic E-state index is 13.6. The van der Waals surface area contributed by atoms with Crippen LogP contribution in [0.3, 0.4) is 0 Å². The lowest BCUT2D eigenvalue weighted by Gasteiger charge is -2.43. The maximum Gasteiger partial charge on any atom is 0.191 e. The first-order valence-corrected chi connectivity index (χ1v) is 7.91. The van der Waals surface area contributed by atoms with E-state index in [9.17, 15) is 4.39 Å². The van der Waals surface area contributed by atoms with Crippen LogP contribution in [-0.4, -0.2) is 19.6 Å². The van der Waals surface area contributed by atoms with Gasteiger partial charge in [-0.1, -0.05) is 24.6 Å². The molecule has 0 bridgehead atoms. The van der Waals surface area contributed by atoms with E-state index in [0.29, 0.717) is 17.5 Å². The summed E-state index contributed by atoms with van der Waals surface area (Å²) in [6.07, 6.45) is 6.83. The number of nitrogens with zero attached hydrogens (tertiary/aromatic N) is 1. The molecule has 2 aliphatic carbocycles. The van der Waals surface area contributed by atoms with Gasteiger partial charge in [-0.3, -0.25) is 4.99 Å². The number of rotatable bonds is 5. The number of guanidine groups is 1. The largest absolute Gasteiger partial charge is 0.356 e. The van der Waals surface area contributed by atoms with E-state index in [2.05, 4.69) is 15.6 Å². The van der Waals surface area contributed by atoms with E-state index in [1.807, 2.05) is 6.07 Å². The average Bonchev–Trinajstić information content (AvgIpc) is 3.27. The normalized spacial score (nSPS) is 19.8. The van der Waals surface area contributed by atoms with Gasteiger partial charge in [0.25, 0.3) is 0 Å². The van der Waals surface area contributed by atoms with Gasteiger partial charge in [-0.25, -0.2) is 4.39 Å². The second-order valence-electron chi connectivity index (χ2n) is 6.36. The van der Waals surface area contributed by atoms with Gasteiger partial charge in [0.1, 0.15) is 5.82 Å². The van der Waals surface area contributed by atoms with Crippen LogP contribution in [0.25, 0.3) is 0 Å². The van der Waals surface area contributed by atoms with Crippen molar-refractivity contribution in [1.82, 2.24) is 10.6 Å². The van der Waals surface area contributed by atoms with E-state index in [4.69, 9.17) is 0 Å². The summed E-state index contributed by atoms with van der Waals surface area (Å²) in [5, 5.41) is 6.65. The Bertz CT molecular complexity index is 524. The van der Waals surface area contributed by atoms with Gasteiger partial charge in [0.2, 0.25) is 0 Å². The van der Waals surface area contributed by atoms with Crippen molar-refractivity contribution < 1.29 is 4.39 Å². The van der Waals surface area contributed by atoms with Gasteiger partial charge in [0, 0.05) is 25.7 Å². The van der Waals surface area contributed by atoms with Crippen LogP contribution in [0.5, 0.6) is 0 Å². The number of halogens is 2. The maximum absolute atomic E-state index is 13.6. The minimum absolute atomic E-state index is 0. The number of benzene rings is 1. The molecular formula is C17H25FIN3. The molecule has 0 radical (unpaired) electrons. The molecule has 3 rings (SSSR count). The minimum atomic E-state index is -0.172. The summed E-state index contributed by atoms with van der Waals surface area (Å²) < 4.78 is 13.6. The first-order chi connectivity index (χ1) is 10.2. The van der Waals surface area contributed by atoms with Crippen LogP contribution in [0, 0.1) is 17.2 Å². The van der Waals surface area contributed by atoms with Crippen molar-refractivity contribution in [1.29, 1.82) is 0 Å². The monoisotopic (exact) mass is 417 g/mol. The molecule has 22 heavy (non-hydrogen) atoms. The zero-order valence-electron chi connectivity index (χ0n) is 13.1. The van der Waals surface area contributed by atoms with Gasteiger partial charge in [-0.05, 0) is 43.1 Å². The summed E-state index contributed by atoms with van der Waals surface area (Å²) in [7, 11) is 1.77. The lowest BCUT2D eigenvalue weighted by molar-refractivity contribution is 0.106. The molecule has 0 aliphatic heterocycles. The van der Waals surface area contributed by atoms with Crippen LogP contribution >= 0.6 is 24.0 Å². The highest BCUT2D eigenvalue weighted by Gasteiger charge is 2.48. The molecule has 0 heterocycles. The van der Waals surface area contributed by atoms with Crippen molar-refractivity contribution in [3.05, 3.63) is 35.6 Å². The molecule has 1 aromatic rings. The fourth-order valence-electron chi connectivity index (χ4n) is 3.36. The SMILES string of the molecule is CN=C(NCc1ccccc1F)NCC1(C2CC2)CCC1.I. The molecule has 0 spiro atoms. The predicted octanol–water partition coefficient (Wildman–Crippen LogP) is 3.69. The summed E-state index contributed by atoms with van der Waals surface area (Å²) in [5.74, 6) is 1.52. The number of hydrogen-bond donors (Lipinski definition) is 2. The van der Waals surface area contributed by atoms with E-state index in [1.54, 1.807) is 19.2 Å². The Morgan fingerprint density at radius 1 is 1.27 bits per heavy atom. The van der Waals surface area contributed by atoms with Crippen molar-refractivity contribution in [3.8, 4) is 0 Å². The summed E-state index contributed by atoms with van der Waals surface area (Å²) in [5.41, 5.74) is 1.18. The lowest BCUT2D eigenvalue weighted by Crippen LogP contribution is -2.47. The highest BCUT2D eigenvalue weighted by atomic mass is 127. The second-order valence-corrected chi connectivity index (χ2v) is 6.36. The van der Waals surface area contributed by atoms with Crippen LogP contribution in [0.1, 0.15) is 37.7 Å². The van der Waals surface area contributed by atoms with Gasteiger partial charge >= 0.3 is 0 Å². The number of hydrogen-bond acceptors (Lipinski definition) is 1. The third-order valence-electron chi connectivity index (χ3n) is 5.03. The van der Waals surface area contributed by atoms with Crippen molar-refractivity contribution in [2.45, 2.75) is 38.6 Å². The van der Waals surface area contributed by atoms with Gasteiger partial charge in [-0.2, -0.15) is 0 Å². The highest BCUT2D eigenvalue weighted by Crippen LogP contribution is 2.56. The molecule has 5 heteroatoms. The quantitative estimate of drug-likeness (QED) is 0.436. The van der Waals surface area contributed by atoms with Gasteiger partial charge in [-0.15, -0.1) is 24.0 Å². The van der Waals surface area contributed by atoms with Crippen molar-refractivity contribution in [3.63, 3.8) is 0 Å². The zero-order valence-corrected chi connectivity index (χ0v) is 15.4. The van der Waals surface area contributed by atoms with Gasteiger partial charge in [0.05, 0.1) is 0 Å². The molecular weight excluding hydrogens is 392 g/mol. The minimum Gasteiger partial charge on any atom is -0.356 e. The van der Waals surface area contributed by atoms with Gasteiger partial charge in [0.15, 0.2) is 5.96 Å². The standard InChI is InChI=1S/C17H24FN3.HI/c1-19-16(20-11-13-5-2-3-6-15(13)18)21-12-17(9-4-10-17)14-7-8-14;/h2-3,5-6,14H,4,7-12H2,1H3,(H2,19,20,21);1H. The van der Waals surface area contributed by atoms with Crippen LogP contribution in [-0.2, 0) is 6.54 Å². The van der Waals surface area contributed by atoms with Gasteiger partial charge < -0.3 is 10.6 Å². The Balaban J connectivity index is 0.00000176. The van der Waals surface area contributed by atoms with E-state index in [0.717, 1.165) is 18.4 Å². The van der Waals surface area contributed by atoms with E-state index < -0.39 is 0 Å². The highest BCUT2D eigenvalue weighted by molar-refractivity contribution is 14.0. The lowest BCUT2D eigenvalue weighted by atomic mass is 9.65. The predicted molar refractivity (Wildman–Crippen MR) is 99.0 cm³/mol. The fraction of sp³-hybridized carbons (Fsp3) is 0.588. The van der Waals surface area contributed by atoms with Crippen molar-refractivity contribution in [2.24, 2.45) is 16.3 Å². The van der Waals surface area contributed by atoms with Crippen LogP contribution in [0.4, 0.5) is 4.39 Å². The van der Waals surface area contributed by atoms with E-state index in [1.165, 1.54) is 38.2 Å². The molecule has 2 N–H and O–H groups in total. The summed E-state index contributed by atoms with van der Waals surface area (Å²) >= 11 is 0. The molecule has 2 aliphatic rings. The summed E-state index contributed by atoms with van der Waals surface area (Å²) in [6, 6.07) is 6.85. The smallest absolute Gasteiger partial charge is 0.191 e. The molecule has 0 saturated heterocycles. The van der Waals surface area contributed by atoms with Crippen molar-refractivity contribution in [2.75, 3.05) is 13.6 Å². The molecule has 3 nitrogen and oxygen atoms in total. The topological polar surface area (TPSA) is 36.4 Å². The molecule has 0 amide bonds. The molecule has 1 aromatic carbocycles. The molecule has 2 fully saturated rings. The Kier molecular flexibility index (Phi) is 6.06.